The van der Waals surface area contributed by atoms with Crippen LogP contribution in [0.2, 0.25) is 0 Å². The maximum absolute atomic E-state index is 13.5. The van der Waals surface area contributed by atoms with E-state index >= 15 is 0 Å². The Kier molecular flexibility index (Phi) is 5.48. The Hall–Kier alpha value is -3.28. The fourth-order valence-corrected chi connectivity index (χ4v) is 4.30. The van der Waals surface area contributed by atoms with Gasteiger partial charge < -0.3 is 19.1 Å². The summed E-state index contributed by atoms with van der Waals surface area (Å²) in [7, 11) is 3.17. The van der Waals surface area contributed by atoms with Crippen molar-refractivity contribution in [2.24, 2.45) is 0 Å². The largest absolute Gasteiger partial charge is 0.493 e. The van der Waals surface area contributed by atoms with Crippen LogP contribution >= 0.6 is 0 Å². The highest BCUT2D eigenvalue weighted by atomic mass is 16.5. The molecule has 4 rings (SSSR count). The first-order valence-electron chi connectivity index (χ1n) is 10.1. The van der Waals surface area contributed by atoms with E-state index in [-0.39, 0.29) is 18.5 Å². The number of methoxy groups -OCH3 is 2. The van der Waals surface area contributed by atoms with E-state index in [0.717, 1.165) is 16.7 Å². The summed E-state index contributed by atoms with van der Waals surface area (Å²) in [6, 6.07) is 13.4. The predicted molar refractivity (Wildman–Crippen MR) is 112 cm³/mol. The van der Waals surface area contributed by atoms with Crippen molar-refractivity contribution in [2.45, 2.75) is 25.7 Å². The summed E-state index contributed by atoms with van der Waals surface area (Å²) in [5.41, 5.74) is 3.90. The van der Waals surface area contributed by atoms with Gasteiger partial charge in [-0.15, -0.1) is 0 Å². The van der Waals surface area contributed by atoms with Crippen molar-refractivity contribution in [1.29, 1.82) is 0 Å². The number of carbonyl (C=O) groups excluding carboxylic acids is 2. The van der Waals surface area contributed by atoms with Gasteiger partial charge in [0.1, 0.15) is 0 Å². The van der Waals surface area contributed by atoms with Crippen molar-refractivity contribution < 1.29 is 23.8 Å². The normalized spacial score (nSPS) is 17.9. The average Bonchev–Trinajstić information content (AvgIpc) is 2.78. The van der Waals surface area contributed by atoms with Gasteiger partial charge in [0.2, 0.25) is 5.91 Å². The minimum Gasteiger partial charge on any atom is -0.493 e. The highest BCUT2D eigenvalue weighted by Crippen LogP contribution is 2.44. The van der Waals surface area contributed by atoms with Crippen LogP contribution in [0.15, 0.2) is 48.0 Å². The number of amides is 1. The van der Waals surface area contributed by atoms with Crippen LogP contribution in [0.5, 0.6) is 11.5 Å². The predicted octanol–water partition coefficient (Wildman–Crippen LogP) is 3.55. The van der Waals surface area contributed by atoms with E-state index in [9.17, 15) is 9.59 Å². The topological polar surface area (TPSA) is 65.1 Å². The van der Waals surface area contributed by atoms with E-state index in [2.05, 4.69) is 0 Å². The SMILES string of the molecule is CCOC(=O)C1=C2c3cc(OC)c(OC)cc3CCN2C(=O)C(c2ccccc2)C1. The summed E-state index contributed by atoms with van der Waals surface area (Å²) in [4.78, 5) is 28.1. The summed E-state index contributed by atoms with van der Waals surface area (Å²) in [5, 5.41) is 0. The fraction of sp³-hybridized carbons (Fsp3) is 0.333. The Morgan fingerprint density at radius 2 is 1.80 bits per heavy atom. The molecule has 2 heterocycles. The van der Waals surface area contributed by atoms with Crippen LogP contribution in [0.25, 0.3) is 5.70 Å². The van der Waals surface area contributed by atoms with Crippen LogP contribution in [0.4, 0.5) is 0 Å². The lowest BCUT2D eigenvalue weighted by Crippen LogP contribution is -2.43. The van der Waals surface area contributed by atoms with Gasteiger partial charge in [0.25, 0.3) is 0 Å². The zero-order valence-corrected chi connectivity index (χ0v) is 17.4. The van der Waals surface area contributed by atoms with Crippen molar-refractivity contribution in [3.63, 3.8) is 0 Å². The maximum Gasteiger partial charge on any atom is 0.336 e. The number of rotatable bonds is 5. The Balaban J connectivity index is 1.90. The summed E-state index contributed by atoms with van der Waals surface area (Å²) in [6.45, 7) is 2.56. The second-order valence-electron chi connectivity index (χ2n) is 7.32. The van der Waals surface area contributed by atoms with Gasteiger partial charge in [-0.25, -0.2) is 4.79 Å². The molecule has 0 radical (unpaired) electrons. The van der Waals surface area contributed by atoms with Gasteiger partial charge in [0.05, 0.1) is 38.0 Å². The molecule has 0 fully saturated rings. The zero-order chi connectivity index (χ0) is 21.3. The Labute approximate surface area is 176 Å². The molecule has 30 heavy (non-hydrogen) atoms. The van der Waals surface area contributed by atoms with Crippen LogP contribution in [0.3, 0.4) is 0 Å². The van der Waals surface area contributed by atoms with Crippen molar-refractivity contribution in [3.8, 4) is 11.5 Å². The third-order valence-electron chi connectivity index (χ3n) is 5.72. The van der Waals surface area contributed by atoms with Crippen LogP contribution < -0.4 is 9.47 Å². The molecule has 1 unspecified atom stereocenters. The Morgan fingerprint density at radius 3 is 2.47 bits per heavy atom. The number of ether oxygens (including phenoxy) is 3. The monoisotopic (exact) mass is 407 g/mol. The molecule has 156 valence electrons. The van der Waals surface area contributed by atoms with Crippen LogP contribution in [0.1, 0.15) is 36.0 Å². The van der Waals surface area contributed by atoms with E-state index in [1.807, 2.05) is 42.5 Å². The van der Waals surface area contributed by atoms with Crippen molar-refractivity contribution in [2.75, 3.05) is 27.4 Å². The molecule has 1 atom stereocenters. The lowest BCUT2D eigenvalue weighted by molar-refractivity contribution is -0.139. The molecule has 6 nitrogen and oxygen atoms in total. The van der Waals surface area contributed by atoms with Gasteiger partial charge in [0, 0.05) is 12.1 Å². The molecule has 2 aliphatic rings. The van der Waals surface area contributed by atoms with Gasteiger partial charge >= 0.3 is 5.97 Å². The van der Waals surface area contributed by atoms with Crippen LogP contribution in [-0.2, 0) is 20.7 Å². The lowest BCUT2D eigenvalue weighted by Gasteiger charge is -2.39. The van der Waals surface area contributed by atoms with Gasteiger partial charge in [-0.1, -0.05) is 30.3 Å². The van der Waals surface area contributed by atoms with Gasteiger partial charge in [0.15, 0.2) is 11.5 Å². The van der Waals surface area contributed by atoms with Gasteiger partial charge in [-0.2, -0.15) is 0 Å². The first-order valence-corrected chi connectivity index (χ1v) is 10.1. The second kappa shape index (κ2) is 8.22. The van der Waals surface area contributed by atoms with E-state index in [4.69, 9.17) is 14.2 Å². The Bertz CT molecular complexity index is 1010. The molecule has 0 bridgehead atoms. The zero-order valence-electron chi connectivity index (χ0n) is 17.4. The number of hydrogen-bond acceptors (Lipinski definition) is 5. The summed E-state index contributed by atoms with van der Waals surface area (Å²) in [6.07, 6.45) is 0.976. The van der Waals surface area contributed by atoms with E-state index in [0.29, 0.717) is 42.2 Å². The summed E-state index contributed by atoms with van der Waals surface area (Å²) < 4.78 is 16.3. The third kappa shape index (κ3) is 3.32. The number of hydrogen-bond donors (Lipinski definition) is 0. The molecule has 6 heteroatoms. The molecule has 0 aliphatic carbocycles. The maximum atomic E-state index is 13.5. The fourth-order valence-electron chi connectivity index (χ4n) is 4.30. The Morgan fingerprint density at radius 1 is 1.10 bits per heavy atom. The molecular formula is C24H25NO5. The molecule has 2 aromatic rings. The summed E-state index contributed by atoms with van der Waals surface area (Å²) >= 11 is 0. The standard InChI is InChI=1S/C24H25NO5/c1-4-30-24(27)19-13-18(15-8-6-5-7-9-15)23(26)25-11-10-16-12-20(28-2)21(29-3)14-17(16)22(19)25/h5-9,12,14,18H,4,10-11,13H2,1-3H3. The molecule has 1 amide bonds. The van der Waals surface area contributed by atoms with Crippen molar-refractivity contribution in [1.82, 2.24) is 4.90 Å². The molecule has 0 N–H and O–H groups in total. The molecule has 0 saturated heterocycles. The van der Waals surface area contributed by atoms with E-state index < -0.39 is 5.92 Å². The number of fused-ring (bicyclic) bond motifs is 3. The highest BCUT2D eigenvalue weighted by Gasteiger charge is 2.41. The lowest BCUT2D eigenvalue weighted by atomic mass is 9.81. The molecule has 0 saturated carbocycles. The minimum atomic E-state index is -0.406. The first-order chi connectivity index (χ1) is 14.6. The van der Waals surface area contributed by atoms with Crippen molar-refractivity contribution >= 4 is 17.6 Å². The number of carbonyl (C=O) groups is 2. The van der Waals surface area contributed by atoms with Gasteiger partial charge in [-0.3, -0.25) is 4.79 Å². The van der Waals surface area contributed by atoms with Crippen LogP contribution in [-0.4, -0.2) is 44.1 Å². The molecular weight excluding hydrogens is 382 g/mol. The van der Waals surface area contributed by atoms with Gasteiger partial charge in [-0.05, 0) is 43.0 Å². The second-order valence-corrected chi connectivity index (χ2v) is 7.32. The molecule has 0 spiro atoms. The first kappa shape index (κ1) is 20.0. The summed E-state index contributed by atoms with van der Waals surface area (Å²) in [5.74, 6) is 0.410. The number of esters is 1. The average molecular weight is 407 g/mol. The quantitative estimate of drug-likeness (QED) is 0.710. The highest BCUT2D eigenvalue weighted by molar-refractivity contribution is 6.06. The smallest absolute Gasteiger partial charge is 0.336 e. The molecule has 0 aromatic heterocycles. The number of benzene rings is 2. The van der Waals surface area contributed by atoms with E-state index in [1.54, 1.807) is 26.0 Å². The van der Waals surface area contributed by atoms with E-state index in [1.165, 1.54) is 0 Å². The molecule has 2 aromatic carbocycles. The third-order valence-corrected chi connectivity index (χ3v) is 5.72. The molecule has 2 aliphatic heterocycles. The van der Waals surface area contributed by atoms with Crippen LogP contribution in [0, 0.1) is 0 Å². The van der Waals surface area contributed by atoms with Crippen molar-refractivity contribution in [3.05, 3.63) is 64.7 Å². The minimum absolute atomic E-state index is 0.00434. The number of nitrogens with zero attached hydrogens (tertiary/aromatic N) is 1.